The van der Waals surface area contributed by atoms with E-state index in [4.69, 9.17) is 11.5 Å². The minimum Gasteiger partial charge on any atom is -0.477 e. The fraction of sp³-hybridized carbons (Fsp3) is 0.522. The van der Waals surface area contributed by atoms with E-state index in [0.29, 0.717) is 49.1 Å². The van der Waals surface area contributed by atoms with E-state index < -0.39 is 41.8 Å². The molecule has 0 aliphatic carbocycles. The number of carbonyl (C=O) groups is 4. The van der Waals surface area contributed by atoms with Crippen LogP contribution < -0.4 is 16.8 Å². The Balaban J connectivity index is 1.46. The molecule has 3 aliphatic heterocycles. The van der Waals surface area contributed by atoms with Gasteiger partial charge in [-0.25, -0.2) is 9.18 Å². The highest BCUT2D eigenvalue weighted by Gasteiger charge is 2.54. The van der Waals surface area contributed by atoms with Crippen LogP contribution in [0, 0.1) is 5.92 Å². The number of nitrogen functional groups attached to an aromatic ring is 1. The van der Waals surface area contributed by atoms with Gasteiger partial charge in [0, 0.05) is 36.0 Å². The van der Waals surface area contributed by atoms with Crippen molar-refractivity contribution in [2.24, 2.45) is 16.8 Å². The molecule has 1 aromatic heterocycles. The topological polar surface area (TPSA) is 223 Å². The molecule has 0 unspecified atom stereocenters. The first-order valence-corrected chi connectivity index (χ1v) is 14.4. The van der Waals surface area contributed by atoms with Crippen LogP contribution in [-0.2, 0) is 24.0 Å². The summed E-state index contributed by atoms with van der Waals surface area (Å²) in [6.07, 6.45) is 4.71. The lowest BCUT2D eigenvalue weighted by Crippen LogP contribution is -2.71. The first kappa shape index (κ1) is 30.4. The monoisotopic (exact) mass is 613 g/mol. The summed E-state index contributed by atoms with van der Waals surface area (Å²) < 4.78 is 16.9. The highest BCUT2D eigenvalue weighted by atomic mass is 32.2. The number of aliphatic hydroxyl groups is 1. The number of carboxylic acid groups (broad SMARTS) is 1. The van der Waals surface area contributed by atoms with Crippen molar-refractivity contribution in [1.29, 1.82) is 0 Å². The Morgan fingerprint density at radius 3 is 2.63 bits per heavy atom. The quantitative estimate of drug-likeness (QED) is 0.0812. The number of fused-ring (bicyclic) bond motifs is 1. The van der Waals surface area contributed by atoms with Crippen molar-refractivity contribution in [3.8, 4) is 0 Å². The van der Waals surface area contributed by atoms with Gasteiger partial charge < -0.3 is 36.3 Å². The van der Waals surface area contributed by atoms with Crippen LogP contribution in [0.2, 0.25) is 0 Å². The van der Waals surface area contributed by atoms with Gasteiger partial charge in [0.05, 0.1) is 26.2 Å². The highest BCUT2D eigenvalue weighted by molar-refractivity contribution is 8.00. The van der Waals surface area contributed by atoms with Gasteiger partial charge in [0.1, 0.15) is 23.7 Å². The third kappa shape index (κ3) is 6.50. The van der Waals surface area contributed by atoms with Crippen molar-refractivity contribution >= 4 is 57.8 Å². The average molecular weight is 614 g/mol. The molecule has 2 fully saturated rings. The van der Waals surface area contributed by atoms with E-state index in [1.807, 2.05) is 6.08 Å². The molecule has 15 nitrogen and oxygen atoms in total. The number of aliphatic hydroxyl groups excluding tert-OH is 1. The van der Waals surface area contributed by atoms with Crippen LogP contribution in [0.4, 0.5) is 9.52 Å². The molecule has 0 aromatic carbocycles. The Morgan fingerprint density at radius 2 is 2.05 bits per heavy atom. The van der Waals surface area contributed by atoms with E-state index in [0.717, 1.165) is 16.4 Å². The van der Waals surface area contributed by atoms with Gasteiger partial charge in [-0.15, -0.1) is 11.8 Å². The number of quaternary nitrogens is 1. The second kappa shape index (κ2) is 12.9. The van der Waals surface area contributed by atoms with E-state index in [9.17, 15) is 33.8 Å². The summed E-state index contributed by atoms with van der Waals surface area (Å²) in [6.45, 7) is 0.925. The summed E-state index contributed by atoms with van der Waals surface area (Å²) in [5.41, 5.74) is 10.7. The number of carboxylic acids is 1. The maximum Gasteiger partial charge on any atom is 0.352 e. The van der Waals surface area contributed by atoms with Gasteiger partial charge in [-0.2, -0.15) is 9.36 Å². The molecule has 7 N–H and O–H groups in total. The standard InChI is InChI=1S/C23H29FN8O7S2/c24-11-39-29-14(18-28-23(26)41-30-18)19(35)27-15-20(36)31-16(22(37)38)13(10-40-21(15)31)2-1-5-32(8-9-33)6-3-12(4-7-32)17(25)34/h1-2,12,15,21,33H,3-11H2,(H5-,25,26,27,28,30,34,35,37,38)/p+1/b2-1+,29-14-/t12?,15-,21+,32?/m1/s1. The number of oxime groups is 1. The summed E-state index contributed by atoms with van der Waals surface area (Å²) in [5, 5.41) is 24.8. The lowest BCUT2D eigenvalue weighted by atomic mass is 9.94. The number of nitrogens with two attached hydrogens (primary N) is 2. The number of nitrogens with one attached hydrogen (secondary N) is 1. The summed E-state index contributed by atoms with van der Waals surface area (Å²) in [4.78, 5) is 59.0. The summed E-state index contributed by atoms with van der Waals surface area (Å²) >= 11 is 2.05. The predicted molar refractivity (Wildman–Crippen MR) is 145 cm³/mol. The third-order valence-corrected chi connectivity index (χ3v) is 9.10. The van der Waals surface area contributed by atoms with Gasteiger partial charge in [-0.1, -0.05) is 11.2 Å². The molecule has 0 radical (unpaired) electrons. The fourth-order valence-electron chi connectivity index (χ4n) is 5.11. The molecule has 2 atom stereocenters. The molecule has 3 aliphatic rings. The van der Waals surface area contributed by atoms with Gasteiger partial charge >= 0.3 is 5.97 Å². The number of carbonyl (C=O) groups excluding carboxylic acids is 3. The SMILES string of the molecule is NC(=O)C1CC[N+](C/C=C/C2=C(C(=O)O)N3C(=O)[C@@H](NC(=O)/C(=N\OCF)c4nsc(N)n4)[C@@H]3SC2)(CCO)CC1. The number of alkyl halides is 1. The first-order chi connectivity index (χ1) is 19.6. The van der Waals surface area contributed by atoms with E-state index in [-0.39, 0.29) is 40.8 Å². The number of likely N-dealkylation sites (tertiary alicyclic amines) is 1. The minimum absolute atomic E-state index is 0.0331. The van der Waals surface area contributed by atoms with Crippen LogP contribution in [0.25, 0.3) is 0 Å². The number of anilines is 1. The molecule has 4 heterocycles. The number of hydrogen-bond acceptors (Lipinski definition) is 12. The van der Waals surface area contributed by atoms with Gasteiger partial charge in [0.2, 0.25) is 17.4 Å². The number of piperidine rings is 1. The number of rotatable bonds is 12. The Bertz CT molecular complexity index is 1290. The maximum atomic E-state index is 13.0. The number of primary amides is 1. The van der Waals surface area contributed by atoms with E-state index in [1.54, 1.807) is 6.08 Å². The predicted octanol–water partition coefficient (Wildman–Crippen LogP) is -1.23. The molecule has 3 amide bonds. The lowest BCUT2D eigenvalue weighted by molar-refractivity contribution is -0.928. The molecular formula is C23H30FN8O7S2+. The minimum atomic E-state index is -1.32. The molecule has 0 bridgehead atoms. The van der Waals surface area contributed by atoms with Gasteiger partial charge in [0.15, 0.2) is 5.13 Å². The number of aliphatic carboxylic acids is 1. The van der Waals surface area contributed by atoms with Crippen molar-refractivity contribution in [2.75, 3.05) is 51.1 Å². The summed E-state index contributed by atoms with van der Waals surface area (Å²) in [6, 6.07) is -1.08. The van der Waals surface area contributed by atoms with Crippen molar-refractivity contribution in [1.82, 2.24) is 19.6 Å². The molecular weight excluding hydrogens is 583 g/mol. The number of nitrogens with zero attached hydrogens (tertiary/aromatic N) is 5. The van der Waals surface area contributed by atoms with Crippen LogP contribution in [0.1, 0.15) is 18.7 Å². The Labute approximate surface area is 241 Å². The molecule has 0 spiro atoms. The fourth-order valence-corrected chi connectivity index (χ4v) is 6.87. The largest absolute Gasteiger partial charge is 0.477 e. The van der Waals surface area contributed by atoms with Gasteiger partial charge in [0.25, 0.3) is 18.7 Å². The van der Waals surface area contributed by atoms with E-state index in [2.05, 4.69) is 24.7 Å². The second-order valence-electron chi connectivity index (χ2n) is 9.67. The van der Waals surface area contributed by atoms with Crippen molar-refractivity contribution in [3.63, 3.8) is 0 Å². The summed E-state index contributed by atoms with van der Waals surface area (Å²) in [5.74, 6) is -3.35. The molecule has 41 heavy (non-hydrogen) atoms. The average Bonchev–Trinajstić information content (AvgIpc) is 3.37. The zero-order chi connectivity index (χ0) is 29.7. The van der Waals surface area contributed by atoms with Crippen LogP contribution in [-0.4, -0.2) is 115 Å². The molecule has 0 saturated carbocycles. The Morgan fingerprint density at radius 1 is 1.32 bits per heavy atom. The second-order valence-corrected chi connectivity index (χ2v) is 11.6. The lowest BCUT2D eigenvalue weighted by Gasteiger charge is -2.49. The van der Waals surface area contributed by atoms with Gasteiger partial charge in [-0.3, -0.25) is 19.3 Å². The number of halogens is 1. The molecule has 4 rings (SSSR count). The normalized spacial score (nSPS) is 26.5. The number of amides is 3. The van der Waals surface area contributed by atoms with Crippen LogP contribution in [0.3, 0.4) is 0 Å². The number of allylic oxidation sites excluding steroid dienone is 1. The first-order valence-electron chi connectivity index (χ1n) is 12.6. The zero-order valence-corrected chi connectivity index (χ0v) is 23.4. The Kier molecular flexibility index (Phi) is 9.57. The third-order valence-electron chi connectivity index (χ3n) is 7.25. The molecule has 18 heteroatoms. The van der Waals surface area contributed by atoms with Crippen molar-refractivity contribution < 1.29 is 43.1 Å². The number of hydrogen-bond donors (Lipinski definition) is 5. The highest BCUT2D eigenvalue weighted by Crippen LogP contribution is 2.40. The van der Waals surface area contributed by atoms with Crippen LogP contribution in [0.5, 0.6) is 0 Å². The molecule has 1 aromatic rings. The van der Waals surface area contributed by atoms with Crippen LogP contribution in [0.15, 0.2) is 28.6 Å². The van der Waals surface area contributed by atoms with Crippen LogP contribution >= 0.6 is 23.3 Å². The van der Waals surface area contributed by atoms with Gasteiger partial charge in [-0.05, 0) is 11.6 Å². The number of β-lactam (4-membered cyclic amide) rings is 1. The van der Waals surface area contributed by atoms with E-state index >= 15 is 0 Å². The Hall–Kier alpha value is -3.61. The zero-order valence-electron chi connectivity index (χ0n) is 21.8. The van der Waals surface area contributed by atoms with E-state index in [1.165, 1.54) is 11.8 Å². The smallest absolute Gasteiger partial charge is 0.352 e. The van der Waals surface area contributed by atoms with Crippen molar-refractivity contribution in [3.05, 3.63) is 29.2 Å². The summed E-state index contributed by atoms with van der Waals surface area (Å²) in [7, 11) is 0. The molecule has 222 valence electrons. The molecule has 2 saturated heterocycles. The number of thioether (sulfide) groups is 1. The van der Waals surface area contributed by atoms with Crippen molar-refractivity contribution in [2.45, 2.75) is 24.3 Å². The number of aromatic nitrogens is 2. The maximum absolute atomic E-state index is 13.0.